The molecule has 4 aromatic carbocycles. The Morgan fingerprint density at radius 2 is 0.867 bits per heavy atom. The van der Waals surface area contributed by atoms with Crippen LogP contribution in [0.1, 0.15) is 48.9 Å². The molecule has 0 fully saturated rings. The molecular weight excluding hydrogens is 580 g/mol. The summed E-state index contributed by atoms with van der Waals surface area (Å²) >= 11 is -3.03. The molecule has 2 N–H and O–H groups in total. The van der Waals surface area contributed by atoms with Crippen molar-refractivity contribution in [1.82, 2.24) is 9.97 Å². The van der Waals surface area contributed by atoms with Gasteiger partial charge in [0.1, 0.15) is 0 Å². The van der Waals surface area contributed by atoms with Crippen LogP contribution in [0.2, 0.25) is 10.5 Å². The zero-order valence-corrected chi connectivity index (χ0v) is 28.0. The quantitative estimate of drug-likeness (QED) is 0.174. The number of aromatic nitrogens is 2. The molecule has 0 saturated heterocycles. The van der Waals surface area contributed by atoms with E-state index >= 15 is 0 Å². The molecule has 2 heterocycles. The molecule has 0 spiro atoms. The first-order valence-corrected chi connectivity index (χ1v) is 20.7. The first-order valence-electron chi connectivity index (χ1n) is 16.0. The summed E-state index contributed by atoms with van der Waals surface area (Å²) in [4.78, 5) is 8.08. The van der Waals surface area contributed by atoms with Crippen molar-refractivity contribution in [2.45, 2.75) is 37.1 Å². The van der Waals surface area contributed by atoms with Gasteiger partial charge in [-0.05, 0) is 0 Å². The molecule has 3 heteroatoms. The Morgan fingerprint density at radius 1 is 0.489 bits per heavy atom. The predicted octanol–water partition coefficient (Wildman–Crippen LogP) is 10.4. The van der Waals surface area contributed by atoms with E-state index in [0.29, 0.717) is 0 Å². The van der Waals surface area contributed by atoms with Gasteiger partial charge in [-0.15, -0.1) is 0 Å². The van der Waals surface area contributed by atoms with E-state index in [4.69, 9.17) is 0 Å². The molecular formula is C42H38N2Ti. The maximum absolute atomic E-state index is 4.04. The van der Waals surface area contributed by atoms with E-state index in [0.717, 1.165) is 12.8 Å². The monoisotopic (exact) mass is 618 g/mol. The van der Waals surface area contributed by atoms with E-state index in [2.05, 4.69) is 156 Å². The molecule has 0 saturated carbocycles. The summed E-state index contributed by atoms with van der Waals surface area (Å²) < 4.78 is 2.90. The normalized spacial score (nSPS) is 15.5. The summed E-state index contributed by atoms with van der Waals surface area (Å²) in [5.74, 6) is 0. The van der Waals surface area contributed by atoms with Crippen molar-refractivity contribution in [1.29, 1.82) is 0 Å². The third-order valence-corrected chi connectivity index (χ3v) is 15.1. The molecule has 0 radical (unpaired) electrons. The van der Waals surface area contributed by atoms with Gasteiger partial charge in [-0.2, -0.15) is 0 Å². The molecule has 2 aromatic heterocycles. The number of para-hydroxylation sites is 2. The summed E-state index contributed by atoms with van der Waals surface area (Å²) in [6.07, 6.45) is 6.73. The van der Waals surface area contributed by atoms with Crippen LogP contribution < -0.4 is 8.00 Å². The number of hydrogen-bond acceptors (Lipinski definition) is 0. The van der Waals surface area contributed by atoms with Crippen LogP contribution in [0.3, 0.4) is 0 Å². The van der Waals surface area contributed by atoms with Crippen LogP contribution in [-0.4, -0.2) is 9.97 Å². The first kappa shape index (κ1) is 28.1. The zero-order valence-electron chi connectivity index (χ0n) is 26.5. The summed E-state index contributed by atoms with van der Waals surface area (Å²) in [7, 11) is 0. The van der Waals surface area contributed by atoms with Crippen LogP contribution in [0.5, 0.6) is 0 Å². The average molecular weight is 619 g/mol. The summed E-state index contributed by atoms with van der Waals surface area (Å²) in [6.45, 7) is 4.60. The molecule has 220 valence electrons. The van der Waals surface area contributed by atoms with Crippen LogP contribution in [0.25, 0.3) is 44.1 Å². The third kappa shape index (κ3) is 4.67. The van der Waals surface area contributed by atoms with Gasteiger partial charge in [0.05, 0.1) is 0 Å². The van der Waals surface area contributed by atoms with Crippen LogP contribution in [-0.2, 0) is 16.6 Å². The fraction of sp³-hybridized carbons (Fsp3) is 0.143. The Balaban J connectivity index is 1.29. The number of allylic oxidation sites excluding steroid dienone is 8. The Morgan fingerprint density at radius 3 is 1.29 bits per heavy atom. The van der Waals surface area contributed by atoms with Gasteiger partial charge in [0, 0.05) is 0 Å². The van der Waals surface area contributed by atoms with E-state index in [9.17, 15) is 0 Å². The molecule has 0 unspecified atom stereocenters. The van der Waals surface area contributed by atoms with Crippen LogP contribution in [0.4, 0.5) is 0 Å². The predicted molar refractivity (Wildman–Crippen MR) is 191 cm³/mol. The second kappa shape index (κ2) is 10.9. The molecule has 2 nitrogen and oxygen atoms in total. The van der Waals surface area contributed by atoms with Crippen LogP contribution >= 0.6 is 0 Å². The second-order valence-corrected chi connectivity index (χ2v) is 19.9. The van der Waals surface area contributed by atoms with Gasteiger partial charge >= 0.3 is 271 Å². The molecule has 2 aliphatic rings. The molecule has 6 aromatic rings. The van der Waals surface area contributed by atoms with E-state index in [-0.39, 0.29) is 0 Å². The van der Waals surface area contributed by atoms with Crippen molar-refractivity contribution in [3.05, 3.63) is 155 Å². The fourth-order valence-corrected chi connectivity index (χ4v) is 12.3. The summed E-state index contributed by atoms with van der Waals surface area (Å²) in [5.41, 5.74) is 16.4. The summed E-state index contributed by atoms with van der Waals surface area (Å²) in [6, 6.07) is 39.6. The van der Waals surface area contributed by atoms with Gasteiger partial charge in [-0.1, -0.05) is 0 Å². The van der Waals surface area contributed by atoms with Gasteiger partial charge in [-0.25, -0.2) is 0 Å². The van der Waals surface area contributed by atoms with Gasteiger partial charge in [0.15, 0.2) is 0 Å². The average Bonchev–Trinajstić information content (AvgIpc) is 3.84. The number of fused-ring (bicyclic) bond motifs is 2. The van der Waals surface area contributed by atoms with Crippen molar-refractivity contribution in [3.63, 3.8) is 0 Å². The van der Waals surface area contributed by atoms with E-state index in [1.165, 1.54) is 85.5 Å². The topological polar surface area (TPSA) is 31.6 Å². The van der Waals surface area contributed by atoms with Gasteiger partial charge in [-0.3, -0.25) is 0 Å². The number of nitrogens with one attached hydrogen (secondary N) is 2. The number of H-pyrrole nitrogens is 2. The van der Waals surface area contributed by atoms with Gasteiger partial charge in [0.2, 0.25) is 0 Å². The minimum atomic E-state index is -3.03. The van der Waals surface area contributed by atoms with E-state index in [1.54, 1.807) is 0 Å². The molecule has 0 atom stereocenters. The number of aromatic amines is 2. The Hall–Kier alpha value is -4.37. The number of benzene rings is 4. The number of hydrogen-bond donors (Lipinski definition) is 2. The third-order valence-electron chi connectivity index (χ3n) is 10.0. The molecule has 45 heavy (non-hydrogen) atoms. The standard InChI is InChI=1S/2C20H16N.2CH3.Ti/c2*1-14-11-16(15-7-3-2-4-8-15)12-18(14)19-13-21-20-10-6-5-9-17(19)20;;;/h2*2-11,21H,12H2,1H3;2*1H3;. The number of rotatable bonds is 6. The Bertz CT molecular complexity index is 2070. The zero-order chi connectivity index (χ0) is 30.7. The Kier molecular flexibility index (Phi) is 6.82. The Labute approximate surface area is 269 Å². The van der Waals surface area contributed by atoms with Gasteiger partial charge < -0.3 is 0 Å². The van der Waals surface area contributed by atoms with Crippen molar-refractivity contribution < 1.29 is 16.6 Å². The molecule has 0 amide bonds. The first-order chi connectivity index (χ1) is 21.9. The van der Waals surface area contributed by atoms with Crippen LogP contribution in [0.15, 0.2) is 132 Å². The van der Waals surface area contributed by atoms with Crippen molar-refractivity contribution in [3.8, 4) is 0 Å². The summed E-state index contributed by atoms with van der Waals surface area (Å²) in [5, 5.41) is 7.83. The van der Waals surface area contributed by atoms with Crippen molar-refractivity contribution in [2.24, 2.45) is 0 Å². The van der Waals surface area contributed by atoms with E-state index in [1.807, 2.05) is 0 Å². The molecule has 0 aliphatic heterocycles. The molecule has 0 bridgehead atoms. The molecule has 2 aliphatic carbocycles. The molecule has 8 rings (SSSR count). The van der Waals surface area contributed by atoms with E-state index < -0.39 is 16.6 Å². The van der Waals surface area contributed by atoms with Crippen molar-refractivity contribution >= 4 is 52.1 Å². The fourth-order valence-electron chi connectivity index (χ4n) is 7.68. The minimum absolute atomic E-state index is 0.956. The maximum atomic E-state index is 4.04. The van der Waals surface area contributed by atoms with Crippen molar-refractivity contribution in [2.75, 3.05) is 0 Å². The second-order valence-electron chi connectivity index (χ2n) is 13.2. The SMILES string of the molecule is CC1=C(c2[c]([Ti]([CH3])([CH3])[c]3[nH]c4ccccc4c3C3=C(C)C=C(c4ccccc4)C3)[nH]c3ccccc23)CC(c2ccccc2)=C1. The van der Waals surface area contributed by atoms with Crippen LogP contribution in [0, 0.1) is 0 Å². The van der Waals surface area contributed by atoms with Gasteiger partial charge in [0.25, 0.3) is 0 Å².